The van der Waals surface area contributed by atoms with Crippen LogP contribution in [0.1, 0.15) is 17.5 Å². The molecule has 0 saturated carbocycles. The van der Waals surface area contributed by atoms with Gasteiger partial charge in [0.2, 0.25) is 0 Å². The third-order valence-corrected chi connectivity index (χ3v) is 6.53. The Morgan fingerprint density at radius 3 is 2.58 bits per heavy atom. The second-order valence-electron chi connectivity index (χ2n) is 5.41. The number of hydrogen-bond acceptors (Lipinski definition) is 4. The molecule has 1 aliphatic rings. The van der Waals surface area contributed by atoms with Crippen LogP contribution in [0, 0.1) is 5.82 Å². The van der Waals surface area contributed by atoms with Crippen LogP contribution in [0.4, 0.5) is 19.9 Å². The van der Waals surface area contributed by atoms with Crippen molar-refractivity contribution in [1.29, 1.82) is 0 Å². The van der Waals surface area contributed by atoms with Gasteiger partial charge < -0.3 is 5.32 Å². The van der Waals surface area contributed by atoms with Crippen LogP contribution in [-0.4, -0.2) is 20.7 Å². The fourth-order valence-corrected chi connectivity index (χ4v) is 4.89. The summed E-state index contributed by atoms with van der Waals surface area (Å²) < 4.78 is 37.0. The maximum atomic E-state index is 12.9. The number of fused-ring (bicyclic) bond motifs is 1. The van der Waals surface area contributed by atoms with Crippen molar-refractivity contribution in [3.05, 3.63) is 47.3 Å². The fourth-order valence-electron chi connectivity index (χ4n) is 2.48. The third-order valence-electron chi connectivity index (χ3n) is 3.53. The maximum Gasteiger partial charge on any atom is 0.324 e. The van der Waals surface area contributed by atoms with Gasteiger partial charge in [0, 0.05) is 17.5 Å². The number of sulfone groups is 1. The molecule has 0 unspecified atom stereocenters. The SMILES string of the molecule is CS(=O)(=O)c1sc(NC(=O)Nc2ccc(F)cc2)c2c1C=CCC2. The van der Waals surface area contributed by atoms with Crippen molar-refractivity contribution in [1.82, 2.24) is 0 Å². The molecule has 24 heavy (non-hydrogen) atoms. The predicted octanol–water partition coefficient (Wildman–Crippen LogP) is 3.89. The third kappa shape index (κ3) is 3.49. The number of nitrogens with one attached hydrogen (secondary N) is 2. The van der Waals surface area contributed by atoms with Crippen LogP contribution in [0.15, 0.2) is 34.6 Å². The van der Waals surface area contributed by atoms with Crippen molar-refractivity contribution in [3.8, 4) is 0 Å². The molecular formula is C16H15FN2O3S2. The molecule has 1 aliphatic carbocycles. The normalized spacial score (nSPS) is 13.4. The lowest BCUT2D eigenvalue weighted by atomic mass is 10.0. The highest BCUT2D eigenvalue weighted by molar-refractivity contribution is 7.93. The van der Waals surface area contributed by atoms with Crippen molar-refractivity contribution in [3.63, 3.8) is 0 Å². The number of benzene rings is 1. The van der Waals surface area contributed by atoms with E-state index in [0.717, 1.165) is 29.6 Å². The van der Waals surface area contributed by atoms with Crippen molar-refractivity contribution < 1.29 is 17.6 Å². The number of carbonyl (C=O) groups excluding carboxylic acids is 1. The van der Waals surface area contributed by atoms with Crippen molar-refractivity contribution in [2.75, 3.05) is 16.9 Å². The van der Waals surface area contributed by atoms with Gasteiger partial charge in [0.05, 0.1) is 0 Å². The van der Waals surface area contributed by atoms with E-state index in [-0.39, 0.29) is 4.21 Å². The lowest BCUT2D eigenvalue weighted by Gasteiger charge is -2.10. The lowest BCUT2D eigenvalue weighted by Crippen LogP contribution is -2.19. The Balaban J connectivity index is 1.85. The highest BCUT2D eigenvalue weighted by Gasteiger charge is 2.24. The second kappa shape index (κ2) is 6.37. The van der Waals surface area contributed by atoms with Crippen LogP contribution in [0.25, 0.3) is 6.08 Å². The average molecular weight is 366 g/mol. The Morgan fingerprint density at radius 1 is 1.21 bits per heavy atom. The maximum absolute atomic E-state index is 12.9. The van der Waals surface area contributed by atoms with E-state index in [1.165, 1.54) is 24.3 Å². The molecule has 0 aliphatic heterocycles. The van der Waals surface area contributed by atoms with Gasteiger partial charge in [0.25, 0.3) is 0 Å². The van der Waals surface area contributed by atoms with E-state index in [1.807, 2.05) is 6.08 Å². The van der Waals surface area contributed by atoms with Crippen LogP contribution in [0.3, 0.4) is 0 Å². The van der Waals surface area contributed by atoms with E-state index in [9.17, 15) is 17.6 Å². The summed E-state index contributed by atoms with van der Waals surface area (Å²) in [5, 5.41) is 5.82. The highest BCUT2D eigenvalue weighted by Crippen LogP contribution is 2.40. The molecule has 2 N–H and O–H groups in total. The minimum atomic E-state index is -3.37. The molecule has 8 heteroatoms. The Kier molecular flexibility index (Phi) is 4.42. The molecule has 1 aromatic heterocycles. The number of hydrogen-bond donors (Lipinski definition) is 2. The summed E-state index contributed by atoms with van der Waals surface area (Å²) >= 11 is 1.05. The molecule has 126 valence electrons. The number of amides is 2. The van der Waals surface area contributed by atoms with E-state index in [0.29, 0.717) is 22.7 Å². The van der Waals surface area contributed by atoms with E-state index in [1.54, 1.807) is 6.08 Å². The monoisotopic (exact) mass is 366 g/mol. The van der Waals surface area contributed by atoms with E-state index in [4.69, 9.17) is 0 Å². The first kappa shape index (κ1) is 16.7. The van der Waals surface area contributed by atoms with Gasteiger partial charge in [-0.3, -0.25) is 5.32 Å². The number of urea groups is 1. The minimum absolute atomic E-state index is 0.255. The number of anilines is 2. The first-order valence-electron chi connectivity index (χ1n) is 7.20. The van der Waals surface area contributed by atoms with Gasteiger partial charge in [0.1, 0.15) is 15.0 Å². The van der Waals surface area contributed by atoms with E-state index < -0.39 is 21.7 Å². The largest absolute Gasteiger partial charge is 0.324 e. The van der Waals surface area contributed by atoms with E-state index in [2.05, 4.69) is 10.6 Å². The van der Waals surface area contributed by atoms with Crippen LogP contribution < -0.4 is 10.6 Å². The van der Waals surface area contributed by atoms with Crippen LogP contribution >= 0.6 is 11.3 Å². The summed E-state index contributed by atoms with van der Waals surface area (Å²) in [6.45, 7) is 0. The molecule has 5 nitrogen and oxygen atoms in total. The number of thiophene rings is 1. The number of allylic oxidation sites excluding steroid dienone is 1. The zero-order valence-electron chi connectivity index (χ0n) is 12.8. The first-order valence-corrected chi connectivity index (χ1v) is 9.91. The molecule has 2 aromatic rings. The molecule has 0 bridgehead atoms. The van der Waals surface area contributed by atoms with E-state index >= 15 is 0 Å². The summed E-state index contributed by atoms with van der Waals surface area (Å²) in [6.07, 6.45) is 6.33. The van der Waals surface area contributed by atoms with Gasteiger partial charge in [-0.15, -0.1) is 11.3 Å². The summed E-state index contributed by atoms with van der Waals surface area (Å²) in [4.78, 5) is 12.1. The van der Waals surface area contributed by atoms with Gasteiger partial charge in [-0.1, -0.05) is 12.2 Å². The number of carbonyl (C=O) groups is 1. The van der Waals surface area contributed by atoms with Crippen molar-refractivity contribution in [2.45, 2.75) is 17.1 Å². The Labute approximate surface area is 143 Å². The molecule has 3 rings (SSSR count). The van der Waals surface area contributed by atoms with Gasteiger partial charge in [-0.05, 0) is 42.7 Å². The molecule has 1 heterocycles. The lowest BCUT2D eigenvalue weighted by molar-refractivity contribution is 0.262. The van der Waals surface area contributed by atoms with Crippen LogP contribution in [-0.2, 0) is 16.3 Å². The van der Waals surface area contributed by atoms with Crippen LogP contribution in [0.5, 0.6) is 0 Å². The van der Waals surface area contributed by atoms with Gasteiger partial charge in [-0.2, -0.15) is 0 Å². The highest BCUT2D eigenvalue weighted by atomic mass is 32.2. The zero-order valence-corrected chi connectivity index (χ0v) is 14.4. The summed E-state index contributed by atoms with van der Waals surface area (Å²) in [5.74, 6) is -0.391. The fraction of sp³-hybridized carbons (Fsp3) is 0.188. The minimum Gasteiger partial charge on any atom is -0.308 e. The zero-order chi connectivity index (χ0) is 17.3. The molecular weight excluding hydrogens is 351 g/mol. The smallest absolute Gasteiger partial charge is 0.308 e. The Bertz CT molecular complexity index is 916. The molecule has 0 atom stereocenters. The molecule has 2 amide bonds. The van der Waals surface area contributed by atoms with Crippen LogP contribution in [0.2, 0.25) is 0 Å². The standard InChI is InChI=1S/C16H15FN2O3S2/c1-24(21,22)15-13-5-3-2-4-12(13)14(23-15)19-16(20)18-11-8-6-10(17)7-9-11/h3,5-9H,2,4H2,1H3,(H2,18,19,20). The van der Waals surface area contributed by atoms with Gasteiger partial charge >= 0.3 is 6.03 Å². The Hall–Kier alpha value is -2.19. The predicted molar refractivity (Wildman–Crippen MR) is 93.8 cm³/mol. The number of halogens is 1. The quantitative estimate of drug-likeness (QED) is 0.865. The molecule has 0 spiro atoms. The molecule has 0 saturated heterocycles. The van der Waals surface area contributed by atoms with Gasteiger partial charge in [0.15, 0.2) is 9.84 Å². The average Bonchev–Trinajstić information content (AvgIpc) is 2.89. The summed E-state index contributed by atoms with van der Waals surface area (Å²) in [5.41, 5.74) is 1.94. The second-order valence-corrected chi connectivity index (χ2v) is 8.64. The van der Waals surface area contributed by atoms with Crippen molar-refractivity contribution >= 4 is 44.0 Å². The Morgan fingerprint density at radius 2 is 1.92 bits per heavy atom. The first-order chi connectivity index (χ1) is 11.3. The van der Waals surface area contributed by atoms with Crippen molar-refractivity contribution in [2.24, 2.45) is 0 Å². The molecule has 0 fully saturated rings. The summed E-state index contributed by atoms with van der Waals surface area (Å²) in [6, 6.07) is 4.89. The number of rotatable bonds is 3. The molecule has 0 radical (unpaired) electrons. The topological polar surface area (TPSA) is 75.3 Å². The summed E-state index contributed by atoms with van der Waals surface area (Å²) in [7, 11) is -3.37. The molecule has 1 aromatic carbocycles. The van der Waals surface area contributed by atoms with Gasteiger partial charge in [-0.25, -0.2) is 17.6 Å².